The predicted octanol–water partition coefficient (Wildman–Crippen LogP) is 3.51. The number of nitrogens with zero attached hydrogens (tertiary/aromatic N) is 1. The molecule has 4 heteroatoms. The van der Waals surface area contributed by atoms with Gasteiger partial charge in [0.1, 0.15) is 10.6 Å². The van der Waals surface area contributed by atoms with E-state index < -0.39 is 5.60 Å². The van der Waals surface area contributed by atoms with Gasteiger partial charge in [-0.25, -0.2) is 4.98 Å². The lowest BCUT2D eigenvalue weighted by molar-refractivity contribution is 0.0363. The van der Waals surface area contributed by atoms with Gasteiger partial charge in [0, 0.05) is 11.4 Å². The zero-order chi connectivity index (χ0) is 15.9. The lowest BCUT2D eigenvalue weighted by Crippen LogP contribution is -2.37. The Hall–Kier alpha value is -1.23. The molecule has 2 aliphatic rings. The second-order valence-electron chi connectivity index (χ2n) is 6.92. The Balaban J connectivity index is 1.46. The quantitative estimate of drug-likeness (QED) is 0.903. The summed E-state index contributed by atoms with van der Waals surface area (Å²) in [5.74, 6) is 0. The molecule has 1 aromatic heterocycles. The van der Waals surface area contributed by atoms with Gasteiger partial charge in [0.2, 0.25) is 0 Å². The van der Waals surface area contributed by atoms with Crippen LogP contribution in [-0.2, 0) is 24.9 Å². The molecule has 1 aromatic carbocycles. The lowest BCUT2D eigenvalue weighted by Gasteiger charge is -2.26. The van der Waals surface area contributed by atoms with E-state index in [1.165, 1.54) is 40.4 Å². The monoisotopic (exact) mass is 328 g/mol. The molecule has 4 rings (SSSR count). The number of aromatic nitrogens is 1. The summed E-state index contributed by atoms with van der Waals surface area (Å²) >= 11 is 1.86. The number of aryl methyl sites for hydroxylation is 3. The molecule has 2 aliphatic carbocycles. The average molecular weight is 328 g/mol. The fraction of sp³-hybridized carbons (Fsp3) is 0.526. The Bertz CT molecular complexity index is 688. The number of aliphatic hydroxyl groups is 1. The van der Waals surface area contributed by atoms with Crippen molar-refractivity contribution in [1.29, 1.82) is 0 Å². The van der Waals surface area contributed by atoms with Gasteiger partial charge in [0.05, 0.1) is 11.7 Å². The van der Waals surface area contributed by atoms with Gasteiger partial charge in [0.25, 0.3) is 0 Å². The standard InChI is InChI=1S/C19H24N2OS/c1-13(18-21-16-8-4-5-9-17(16)23-18)20-12-19(22)11-10-14-6-2-3-7-15(14)19/h2-3,6-7,13,20,22H,4-5,8-12H2,1H3. The van der Waals surface area contributed by atoms with Crippen molar-refractivity contribution in [2.24, 2.45) is 0 Å². The van der Waals surface area contributed by atoms with E-state index in [2.05, 4.69) is 30.4 Å². The Labute approximate surface area is 141 Å². The number of hydrogen-bond acceptors (Lipinski definition) is 4. The van der Waals surface area contributed by atoms with Crippen LogP contribution >= 0.6 is 11.3 Å². The van der Waals surface area contributed by atoms with E-state index in [0.29, 0.717) is 6.54 Å². The molecule has 23 heavy (non-hydrogen) atoms. The van der Waals surface area contributed by atoms with Crippen LogP contribution in [-0.4, -0.2) is 16.6 Å². The predicted molar refractivity (Wildman–Crippen MR) is 93.8 cm³/mol. The second kappa shape index (κ2) is 6.00. The molecule has 2 atom stereocenters. The van der Waals surface area contributed by atoms with Crippen LogP contribution in [0.1, 0.15) is 58.9 Å². The minimum Gasteiger partial charge on any atom is -0.384 e. The molecule has 1 heterocycles. The van der Waals surface area contributed by atoms with Crippen LogP contribution in [0.2, 0.25) is 0 Å². The van der Waals surface area contributed by atoms with Crippen LogP contribution in [0, 0.1) is 0 Å². The van der Waals surface area contributed by atoms with Crippen molar-refractivity contribution in [2.45, 2.75) is 57.1 Å². The summed E-state index contributed by atoms with van der Waals surface area (Å²) in [5.41, 5.74) is 2.96. The van der Waals surface area contributed by atoms with Crippen LogP contribution in [0.15, 0.2) is 24.3 Å². The summed E-state index contributed by atoms with van der Waals surface area (Å²) in [6, 6.07) is 8.47. The van der Waals surface area contributed by atoms with Crippen molar-refractivity contribution in [3.05, 3.63) is 51.0 Å². The fourth-order valence-electron chi connectivity index (χ4n) is 3.82. The van der Waals surface area contributed by atoms with Crippen molar-refractivity contribution in [3.8, 4) is 0 Å². The summed E-state index contributed by atoms with van der Waals surface area (Å²) < 4.78 is 0. The van der Waals surface area contributed by atoms with Crippen LogP contribution < -0.4 is 5.32 Å². The zero-order valence-electron chi connectivity index (χ0n) is 13.6. The number of hydrogen-bond donors (Lipinski definition) is 2. The molecule has 0 bridgehead atoms. The molecule has 122 valence electrons. The van der Waals surface area contributed by atoms with E-state index in [9.17, 15) is 5.11 Å². The van der Waals surface area contributed by atoms with Crippen molar-refractivity contribution < 1.29 is 5.11 Å². The van der Waals surface area contributed by atoms with Gasteiger partial charge < -0.3 is 10.4 Å². The first kappa shape index (κ1) is 15.3. The van der Waals surface area contributed by atoms with Crippen LogP contribution in [0.3, 0.4) is 0 Å². The fourth-order valence-corrected chi connectivity index (χ4v) is 5.00. The topological polar surface area (TPSA) is 45.1 Å². The van der Waals surface area contributed by atoms with E-state index in [4.69, 9.17) is 4.98 Å². The molecule has 0 radical (unpaired) electrons. The molecular weight excluding hydrogens is 304 g/mol. The molecule has 0 spiro atoms. The van der Waals surface area contributed by atoms with E-state index in [-0.39, 0.29) is 6.04 Å². The molecule has 2 unspecified atom stereocenters. The Morgan fingerprint density at radius 2 is 2.09 bits per heavy atom. The number of rotatable bonds is 4. The average Bonchev–Trinajstić information content (AvgIpc) is 3.15. The van der Waals surface area contributed by atoms with Gasteiger partial charge in [0.15, 0.2) is 0 Å². The number of fused-ring (bicyclic) bond motifs is 2. The minimum absolute atomic E-state index is 0.197. The maximum absolute atomic E-state index is 11.0. The van der Waals surface area contributed by atoms with E-state index in [1.807, 2.05) is 17.4 Å². The first-order valence-corrected chi connectivity index (χ1v) is 9.50. The third-order valence-corrected chi connectivity index (χ3v) is 6.60. The Kier molecular flexibility index (Phi) is 4.00. The number of benzene rings is 1. The molecule has 0 aliphatic heterocycles. The van der Waals surface area contributed by atoms with Crippen LogP contribution in [0.25, 0.3) is 0 Å². The van der Waals surface area contributed by atoms with Gasteiger partial charge >= 0.3 is 0 Å². The van der Waals surface area contributed by atoms with E-state index >= 15 is 0 Å². The maximum Gasteiger partial charge on any atom is 0.110 e. The maximum atomic E-state index is 11.0. The molecule has 2 N–H and O–H groups in total. The van der Waals surface area contributed by atoms with Gasteiger partial charge in [-0.2, -0.15) is 0 Å². The molecule has 0 saturated carbocycles. The summed E-state index contributed by atoms with van der Waals surface area (Å²) in [4.78, 5) is 6.31. The lowest BCUT2D eigenvalue weighted by atomic mass is 9.96. The summed E-state index contributed by atoms with van der Waals surface area (Å²) in [7, 11) is 0. The Morgan fingerprint density at radius 3 is 2.96 bits per heavy atom. The van der Waals surface area contributed by atoms with Gasteiger partial charge in [-0.15, -0.1) is 11.3 Å². The second-order valence-corrected chi connectivity index (χ2v) is 8.04. The van der Waals surface area contributed by atoms with E-state index in [1.54, 1.807) is 0 Å². The molecular formula is C19H24N2OS. The summed E-state index contributed by atoms with van der Waals surface area (Å²) in [6.45, 7) is 2.75. The highest BCUT2D eigenvalue weighted by molar-refractivity contribution is 7.11. The largest absolute Gasteiger partial charge is 0.384 e. The van der Waals surface area contributed by atoms with Crippen molar-refractivity contribution in [2.75, 3.05) is 6.54 Å². The van der Waals surface area contributed by atoms with E-state index in [0.717, 1.165) is 24.8 Å². The molecule has 3 nitrogen and oxygen atoms in total. The normalized spacial score (nSPS) is 24.3. The number of nitrogens with one attached hydrogen (secondary N) is 1. The SMILES string of the molecule is CC(NCC1(O)CCc2ccccc21)c1nc2c(s1)CCCC2. The smallest absolute Gasteiger partial charge is 0.110 e. The van der Waals surface area contributed by atoms with Crippen LogP contribution in [0.4, 0.5) is 0 Å². The highest BCUT2D eigenvalue weighted by Gasteiger charge is 2.36. The van der Waals surface area contributed by atoms with Gasteiger partial charge in [-0.3, -0.25) is 0 Å². The van der Waals surface area contributed by atoms with Gasteiger partial charge in [-0.1, -0.05) is 24.3 Å². The minimum atomic E-state index is -0.734. The molecule has 0 amide bonds. The molecule has 0 fully saturated rings. The zero-order valence-corrected chi connectivity index (χ0v) is 14.5. The highest BCUT2D eigenvalue weighted by Crippen LogP contribution is 2.37. The first-order chi connectivity index (χ1) is 11.2. The summed E-state index contributed by atoms with van der Waals surface area (Å²) in [5, 5.41) is 15.7. The van der Waals surface area contributed by atoms with Crippen LogP contribution in [0.5, 0.6) is 0 Å². The summed E-state index contributed by atoms with van der Waals surface area (Å²) in [6.07, 6.45) is 6.67. The molecule has 0 saturated heterocycles. The number of thiazole rings is 1. The van der Waals surface area contributed by atoms with Crippen molar-refractivity contribution in [1.82, 2.24) is 10.3 Å². The first-order valence-electron chi connectivity index (χ1n) is 8.68. The third-order valence-electron chi connectivity index (χ3n) is 5.26. The Morgan fingerprint density at radius 1 is 1.26 bits per heavy atom. The third kappa shape index (κ3) is 2.84. The van der Waals surface area contributed by atoms with Gasteiger partial charge in [-0.05, 0) is 56.6 Å². The highest BCUT2D eigenvalue weighted by atomic mass is 32.1. The molecule has 2 aromatic rings. The van der Waals surface area contributed by atoms with Crippen molar-refractivity contribution >= 4 is 11.3 Å². The van der Waals surface area contributed by atoms with Crippen molar-refractivity contribution in [3.63, 3.8) is 0 Å².